The SMILES string of the molecule is CCOC(=O)/C(F)=C\c1ccc(SC(=O)N(C)C)cc1. The quantitative estimate of drug-likeness (QED) is 0.486. The summed E-state index contributed by atoms with van der Waals surface area (Å²) in [6, 6.07) is 6.64. The van der Waals surface area contributed by atoms with Crippen LogP contribution < -0.4 is 0 Å². The van der Waals surface area contributed by atoms with E-state index in [1.807, 2.05) is 0 Å². The van der Waals surface area contributed by atoms with Crippen LogP contribution in [0.2, 0.25) is 0 Å². The second-order valence-corrected chi connectivity index (χ2v) is 5.07. The van der Waals surface area contributed by atoms with Crippen molar-refractivity contribution in [2.24, 2.45) is 0 Å². The molecule has 0 aliphatic rings. The lowest BCUT2D eigenvalue weighted by molar-refractivity contribution is -0.140. The molecule has 0 N–H and O–H groups in total. The number of esters is 1. The lowest BCUT2D eigenvalue weighted by atomic mass is 10.2. The minimum absolute atomic E-state index is 0.0917. The number of nitrogens with zero attached hydrogens (tertiary/aromatic N) is 1. The van der Waals surface area contributed by atoms with Crippen molar-refractivity contribution < 1.29 is 18.7 Å². The Kier molecular flexibility index (Phi) is 6.24. The van der Waals surface area contributed by atoms with Gasteiger partial charge < -0.3 is 9.64 Å². The fraction of sp³-hybridized carbons (Fsp3) is 0.286. The Morgan fingerprint density at radius 1 is 1.30 bits per heavy atom. The van der Waals surface area contributed by atoms with Crippen molar-refractivity contribution in [1.29, 1.82) is 0 Å². The molecular formula is C14H16FNO3S. The molecule has 0 radical (unpaired) electrons. The predicted octanol–water partition coefficient (Wildman–Crippen LogP) is 3.33. The molecule has 0 aliphatic carbocycles. The van der Waals surface area contributed by atoms with Gasteiger partial charge >= 0.3 is 5.97 Å². The zero-order valence-electron chi connectivity index (χ0n) is 11.6. The van der Waals surface area contributed by atoms with E-state index >= 15 is 0 Å². The molecule has 0 bridgehead atoms. The van der Waals surface area contributed by atoms with Crippen LogP contribution in [0.25, 0.3) is 6.08 Å². The van der Waals surface area contributed by atoms with E-state index in [-0.39, 0.29) is 11.8 Å². The van der Waals surface area contributed by atoms with E-state index in [0.29, 0.717) is 5.56 Å². The molecule has 0 aromatic heterocycles. The third-order valence-corrected chi connectivity index (χ3v) is 3.26. The zero-order valence-corrected chi connectivity index (χ0v) is 12.4. The number of amides is 1. The summed E-state index contributed by atoms with van der Waals surface area (Å²) in [6.45, 7) is 1.74. The Morgan fingerprint density at radius 3 is 2.40 bits per heavy atom. The van der Waals surface area contributed by atoms with Crippen LogP contribution in [0.5, 0.6) is 0 Å². The number of rotatable bonds is 4. The van der Waals surface area contributed by atoms with Crippen molar-refractivity contribution in [3.8, 4) is 0 Å². The summed E-state index contributed by atoms with van der Waals surface area (Å²) in [5.41, 5.74) is 0.525. The molecule has 0 spiro atoms. The van der Waals surface area contributed by atoms with E-state index in [4.69, 9.17) is 0 Å². The molecule has 0 heterocycles. The second-order valence-electron chi connectivity index (χ2n) is 4.04. The average molecular weight is 297 g/mol. The molecule has 4 nitrogen and oxygen atoms in total. The first-order chi connectivity index (χ1) is 9.43. The largest absolute Gasteiger partial charge is 0.461 e. The van der Waals surface area contributed by atoms with Crippen LogP contribution >= 0.6 is 11.8 Å². The summed E-state index contributed by atoms with van der Waals surface area (Å²) in [4.78, 5) is 24.8. The molecule has 1 rings (SSSR count). The molecule has 0 saturated carbocycles. The highest BCUT2D eigenvalue weighted by atomic mass is 32.2. The van der Waals surface area contributed by atoms with Crippen LogP contribution in [0.1, 0.15) is 12.5 Å². The molecule has 1 amide bonds. The topological polar surface area (TPSA) is 46.6 Å². The van der Waals surface area contributed by atoms with Gasteiger partial charge in [-0.25, -0.2) is 4.79 Å². The van der Waals surface area contributed by atoms with Crippen molar-refractivity contribution >= 4 is 29.0 Å². The van der Waals surface area contributed by atoms with Crippen LogP contribution in [-0.4, -0.2) is 36.8 Å². The normalized spacial score (nSPS) is 11.1. The maximum atomic E-state index is 13.4. The molecule has 1 aromatic rings. The van der Waals surface area contributed by atoms with Crippen molar-refractivity contribution in [3.63, 3.8) is 0 Å². The monoisotopic (exact) mass is 297 g/mol. The van der Waals surface area contributed by atoms with Crippen molar-refractivity contribution in [2.45, 2.75) is 11.8 Å². The highest BCUT2D eigenvalue weighted by molar-refractivity contribution is 8.13. The Bertz CT molecular complexity index is 512. The highest BCUT2D eigenvalue weighted by Crippen LogP contribution is 2.21. The second kappa shape index (κ2) is 7.69. The van der Waals surface area contributed by atoms with Crippen LogP contribution in [0, 0.1) is 0 Å². The molecule has 1 aromatic carbocycles. The Balaban J connectivity index is 2.74. The molecule has 0 atom stereocenters. The van der Waals surface area contributed by atoms with Crippen LogP contribution in [0.3, 0.4) is 0 Å². The maximum Gasteiger partial charge on any atom is 0.367 e. The predicted molar refractivity (Wildman–Crippen MR) is 77.1 cm³/mol. The van der Waals surface area contributed by atoms with E-state index in [2.05, 4.69) is 4.74 Å². The first-order valence-corrected chi connectivity index (χ1v) is 6.79. The van der Waals surface area contributed by atoms with Gasteiger partial charge in [0.2, 0.25) is 5.83 Å². The van der Waals surface area contributed by atoms with Gasteiger partial charge in [0.05, 0.1) is 6.61 Å². The molecule has 0 saturated heterocycles. The van der Waals surface area contributed by atoms with E-state index < -0.39 is 11.8 Å². The van der Waals surface area contributed by atoms with Gasteiger partial charge in [-0.15, -0.1) is 0 Å². The van der Waals surface area contributed by atoms with E-state index in [9.17, 15) is 14.0 Å². The van der Waals surface area contributed by atoms with E-state index in [1.165, 1.54) is 4.90 Å². The van der Waals surface area contributed by atoms with Gasteiger partial charge in [0.1, 0.15) is 0 Å². The van der Waals surface area contributed by atoms with Gasteiger partial charge in [-0.3, -0.25) is 4.79 Å². The first kappa shape index (κ1) is 16.2. The minimum Gasteiger partial charge on any atom is -0.461 e. The van der Waals surface area contributed by atoms with Gasteiger partial charge in [0.25, 0.3) is 5.24 Å². The average Bonchev–Trinajstić information content (AvgIpc) is 2.41. The molecule has 0 aliphatic heterocycles. The minimum atomic E-state index is -0.978. The summed E-state index contributed by atoms with van der Waals surface area (Å²) < 4.78 is 17.9. The van der Waals surface area contributed by atoms with E-state index in [0.717, 1.165) is 22.7 Å². The third kappa shape index (κ3) is 5.05. The number of hydrogen-bond donors (Lipinski definition) is 0. The van der Waals surface area contributed by atoms with Gasteiger partial charge in [-0.1, -0.05) is 12.1 Å². The smallest absolute Gasteiger partial charge is 0.367 e. The van der Waals surface area contributed by atoms with Gasteiger partial charge in [0.15, 0.2) is 0 Å². The van der Waals surface area contributed by atoms with Crippen molar-refractivity contribution in [3.05, 3.63) is 35.7 Å². The van der Waals surface area contributed by atoms with Crippen LogP contribution in [0.15, 0.2) is 35.0 Å². The van der Waals surface area contributed by atoms with E-state index in [1.54, 1.807) is 45.3 Å². The standard InChI is InChI=1S/C14H16FNO3S/c1-4-19-13(17)12(15)9-10-5-7-11(8-6-10)20-14(18)16(2)3/h5-9H,4H2,1-3H3/b12-9+. The number of carbonyl (C=O) groups is 2. The molecule has 20 heavy (non-hydrogen) atoms. The fourth-order valence-electron chi connectivity index (χ4n) is 1.23. The first-order valence-electron chi connectivity index (χ1n) is 5.97. The number of halogens is 1. The molecule has 0 unspecified atom stereocenters. The summed E-state index contributed by atoms with van der Waals surface area (Å²) in [7, 11) is 3.34. The summed E-state index contributed by atoms with van der Waals surface area (Å²) in [6.07, 6.45) is 1.10. The van der Waals surface area contributed by atoms with Crippen molar-refractivity contribution in [1.82, 2.24) is 4.90 Å². The van der Waals surface area contributed by atoms with Crippen LogP contribution in [0.4, 0.5) is 9.18 Å². The van der Waals surface area contributed by atoms with Gasteiger partial charge in [-0.05, 0) is 42.5 Å². The Morgan fingerprint density at radius 2 is 1.90 bits per heavy atom. The Labute approximate surface area is 121 Å². The van der Waals surface area contributed by atoms with Gasteiger partial charge in [0, 0.05) is 19.0 Å². The number of thioether (sulfide) groups is 1. The third-order valence-electron chi connectivity index (χ3n) is 2.21. The maximum absolute atomic E-state index is 13.4. The van der Waals surface area contributed by atoms with Crippen LogP contribution in [-0.2, 0) is 9.53 Å². The Hall–Kier alpha value is -1.82. The van der Waals surface area contributed by atoms with Crippen molar-refractivity contribution in [2.75, 3.05) is 20.7 Å². The molecular weight excluding hydrogens is 281 g/mol. The number of benzene rings is 1. The summed E-state index contributed by atoms with van der Waals surface area (Å²) >= 11 is 1.07. The fourth-order valence-corrected chi connectivity index (χ4v) is 1.89. The molecule has 0 fully saturated rings. The highest BCUT2D eigenvalue weighted by Gasteiger charge is 2.10. The number of ether oxygens (including phenoxy) is 1. The number of carbonyl (C=O) groups excluding carboxylic acids is 2. The molecule has 6 heteroatoms. The van der Waals surface area contributed by atoms with Gasteiger partial charge in [-0.2, -0.15) is 4.39 Å². The lowest BCUT2D eigenvalue weighted by Crippen LogP contribution is -2.15. The molecule has 108 valence electrons. The summed E-state index contributed by atoms with van der Waals surface area (Å²) in [5.74, 6) is -1.93. The number of hydrogen-bond acceptors (Lipinski definition) is 4. The zero-order chi connectivity index (χ0) is 15.1. The summed E-state index contributed by atoms with van der Waals surface area (Å²) in [5, 5.41) is -0.0917. The lowest BCUT2D eigenvalue weighted by Gasteiger charge is -2.08.